The van der Waals surface area contributed by atoms with Gasteiger partial charge in [-0.3, -0.25) is 15.1 Å². The van der Waals surface area contributed by atoms with Crippen LogP contribution in [0.15, 0.2) is 54.9 Å². The van der Waals surface area contributed by atoms with E-state index in [1.807, 2.05) is 42.5 Å². The first-order chi connectivity index (χ1) is 11.7. The Kier molecular flexibility index (Phi) is 5.40. The van der Waals surface area contributed by atoms with Crippen LogP contribution in [0.3, 0.4) is 0 Å². The summed E-state index contributed by atoms with van der Waals surface area (Å²) in [6, 6.07) is 13.3. The van der Waals surface area contributed by atoms with Crippen LogP contribution in [-0.2, 0) is 9.53 Å². The van der Waals surface area contributed by atoms with E-state index in [2.05, 4.69) is 10.3 Å². The fraction of sp³-hybridized carbons (Fsp3) is 0.333. The quantitative estimate of drug-likeness (QED) is 0.822. The Labute approximate surface area is 141 Å². The van der Waals surface area contributed by atoms with Crippen molar-refractivity contribution in [3.8, 4) is 5.75 Å². The predicted octanol–water partition coefficient (Wildman–Crippen LogP) is 1.95. The number of aromatic nitrogens is 1. The molecule has 1 fully saturated rings. The van der Waals surface area contributed by atoms with Crippen molar-refractivity contribution in [3.63, 3.8) is 0 Å². The SMILES string of the molecule is CN1C(=O)CC(c2ccncc2)NC1OCCOc1ccccc1. The lowest BCUT2D eigenvalue weighted by atomic mass is 10.0. The molecule has 6 heteroatoms. The third-order valence-corrected chi connectivity index (χ3v) is 3.95. The molecule has 1 aliphatic rings. The van der Waals surface area contributed by atoms with E-state index < -0.39 is 6.35 Å². The zero-order valence-electron chi connectivity index (χ0n) is 13.6. The van der Waals surface area contributed by atoms with Crippen LogP contribution in [0.1, 0.15) is 18.0 Å². The van der Waals surface area contributed by atoms with Crippen LogP contribution >= 0.6 is 0 Å². The monoisotopic (exact) mass is 327 g/mol. The number of hydrogen-bond donors (Lipinski definition) is 1. The van der Waals surface area contributed by atoms with Crippen LogP contribution in [0.5, 0.6) is 5.75 Å². The highest BCUT2D eigenvalue weighted by atomic mass is 16.5. The molecule has 1 aromatic carbocycles. The minimum absolute atomic E-state index is 0.0459. The van der Waals surface area contributed by atoms with E-state index in [0.29, 0.717) is 19.6 Å². The maximum Gasteiger partial charge on any atom is 0.227 e. The van der Waals surface area contributed by atoms with E-state index in [-0.39, 0.29) is 11.9 Å². The predicted molar refractivity (Wildman–Crippen MR) is 89.2 cm³/mol. The molecule has 0 spiro atoms. The summed E-state index contributed by atoms with van der Waals surface area (Å²) < 4.78 is 11.4. The highest BCUT2D eigenvalue weighted by Gasteiger charge is 2.32. The molecular formula is C18H21N3O3. The fourth-order valence-corrected chi connectivity index (χ4v) is 2.60. The lowest BCUT2D eigenvalue weighted by Crippen LogP contribution is -2.55. The summed E-state index contributed by atoms with van der Waals surface area (Å²) in [5.41, 5.74) is 1.03. The topological polar surface area (TPSA) is 63.7 Å². The number of nitrogens with one attached hydrogen (secondary N) is 1. The standard InChI is InChI=1S/C18H21N3O3/c1-21-17(22)13-16(14-7-9-19-10-8-14)20-18(21)24-12-11-23-15-5-3-2-4-6-15/h2-10,16,18,20H,11-13H2,1H3. The summed E-state index contributed by atoms with van der Waals surface area (Å²) in [7, 11) is 1.74. The highest BCUT2D eigenvalue weighted by Crippen LogP contribution is 2.23. The number of para-hydroxylation sites is 1. The molecule has 1 aromatic heterocycles. The van der Waals surface area contributed by atoms with Gasteiger partial charge in [0.25, 0.3) is 0 Å². The van der Waals surface area contributed by atoms with Gasteiger partial charge in [-0.2, -0.15) is 0 Å². The molecule has 2 atom stereocenters. The smallest absolute Gasteiger partial charge is 0.227 e. The van der Waals surface area contributed by atoms with E-state index in [1.54, 1.807) is 24.3 Å². The van der Waals surface area contributed by atoms with Crippen molar-refractivity contribution in [2.45, 2.75) is 18.8 Å². The van der Waals surface area contributed by atoms with Gasteiger partial charge in [0, 0.05) is 31.9 Å². The Morgan fingerprint density at radius 3 is 2.67 bits per heavy atom. The molecule has 0 saturated carbocycles. The van der Waals surface area contributed by atoms with Crippen LogP contribution in [0.2, 0.25) is 0 Å². The van der Waals surface area contributed by atoms with Gasteiger partial charge in [-0.05, 0) is 29.8 Å². The van der Waals surface area contributed by atoms with Crippen LogP contribution in [-0.4, -0.2) is 42.4 Å². The first-order valence-corrected chi connectivity index (χ1v) is 7.95. The molecule has 2 aromatic rings. The summed E-state index contributed by atoms with van der Waals surface area (Å²) >= 11 is 0. The summed E-state index contributed by atoms with van der Waals surface area (Å²) in [5.74, 6) is 0.848. The van der Waals surface area contributed by atoms with Crippen molar-refractivity contribution >= 4 is 5.91 Å². The number of benzene rings is 1. The minimum atomic E-state index is -0.469. The number of ether oxygens (including phenoxy) is 2. The second kappa shape index (κ2) is 7.90. The number of carbonyl (C=O) groups excluding carboxylic acids is 1. The van der Waals surface area contributed by atoms with Crippen LogP contribution in [0.4, 0.5) is 0 Å². The first kappa shape index (κ1) is 16.4. The highest BCUT2D eigenvalue weighted by molar-refractivity contribution is 5.77. The van der Waals surface area contributed by atoms with Crippen molar-refractivity contribution in [2.75, 3.05) is 20.3 Å². The normalized spacial score (nSPS) is 20.9. The van der Waals surface area contributed by atoms with Gasteiger partial charge in [0.1, 0.15) is 12.4 Å². The van der Waals surface area contributed by atoms with Gasteiger partial charge < -0.3 is 14.4 Å². The molecule has 2 heterocycles. The molecule has 24 heavy (non-hydrogen) atoms. The molecule has 2 unspecified atom stereocenters. The van der Waals surface area contributed by atoms with Gasteiger partial charge in [-0.1, -0.05) is 18.2 Å². The van der Waals surface area contributed by atoms with E-state index >= 15 is 0 Å². The molecule has 126 valence electrons. The largest absolute Gasteiger partial charge is 0.491 e. The van der Waals surface area contributed by atoms with Crippen molar-refractivity contribution in [2.24, 2.45) is 0 Å². The van der Waals surface area contributed by atoms with Gasteiger partial charge in [-0.25, -0.2) is 0 Å². The first-order valence-electron chi connectivity index (χ1n) is 7.95. The average Bonchev–Trinajstić information content (AvgIpc) is 2.63. The van der Waals surface area contributed by atoms with E-state index in [1.165, 1.54) is 0 Å². The van der Waals surface area contributed by atoms with Crippen LogP contribution in [0, 0.1) is 0 Å². The summed E-state index contributed by atoms with van der Waals surface area (Å²) in [6.45, 7) is 0.803. The van der Waals surface area contributed by atoms with E-state index in [9.17, 15) is 4.79 Å². The Hall–Kier alpha value is -2.44. The molecule has 1 aliphatic heterocycles. The summed E-state index contributed by atoms with van der Waals surface area (Å²) in [5, 5.41) is 3.35. The molecule has 0 aliphatic carbocycles. The molecule has 1 amide bonds. The van der Waals surface area contributed by atoms with Crippen molar-refractivity contribution in [1.82, 2.24) is 15.2 Å². The minimum Gasteiger partial charge on any atom is -0.491 e. The van der Waals surface area contributed by atoms with Gasteiger partial charge in [0.15, 0.2) is 6.35 Å². The van der Waals surface area contributed by atoms with Crippen molar-refractivity contribution in [3.05, 3.63) is 60.4 Å². The van der Waals surface area contributed by atoms with Gasteiger partial charge in [0.05, 0.1) is 6.61 Å². The molecule has 6 nitrogen and oxygen atoms in total. The molecular weight excluding hydrogens is 306 g/mol. The Morgan fingerprint density at radius 1 is 1.17 bits per heavy atom. The molecule has 3 rings (SSSR count). The Morgan fingerprint density at radius 2 is 1.92 bits per heavy atom. The zero-order chi connectivity index (χ0) is 16.8. The maximum atomic E-state index is 12.2. The number of rotatable bonds is 6. The molecule has 0 bridgehead atoms. The number of carbonyl (C=O) groups is 1. The summed E-state index contributed by atoms with van der Waals surface area (Å²) in [6.07, 6.45) is 3.39. The zero-order valence-corrected chi connectivity index (χ0v) is 13.6. The Bertz CT molecular complexity index is 651. The van der Waals surface area contributed by atoms with Gasteiger partial charge >= 0.3 is 0 Å². The summed E-state index contributed by atoms with van der Waals surface area (Å²) in [4.78, 5) is 17.8. The number of nitrogens with zero attached hydrogens (tertiary/aromatic N) is 2. The number of hydrogen-bond acceptors (Lipinski definition) is 5. The second-order valence-corrected chi connectivity index (χ2v) is 5.59. The maximum absolute atomic E-state index is 12.2. The van der Waals surface area contributed by atoms with Crippen LogP contribution in [0.25, 0.3) is 0 Å². The lowest BCUT2D eigenvalue weighted by molar-refractivity contribution is -0.157. The fourth-order valence-electron chi connectivity index (χ4n) is 2.60. The number of pyridine rings is 1. The van der Waals surface area contributed by atoms with Crippen LogP contribution < -0.4 is 10.1 Å². The van der Waals surface area contributed by atoms with Gasteiger partial charge in [0.2, 0.25) is 5.91 Å². The van der Waals surface area contributed by atoms with Crippen molar-refractivity contribution in [1.29, 1.82) is 0 Å². The lowest BCUT2D eigenvalue weighted by Gasteiger charge is -2.37. The average molecular weight is 327 g/mol. The Balaban J connectivity index is 1.52. The molecule has 1 saturated heterocycles. The third kappa shape index (κ3) is 4.10. The third-order valence-electron chi connectivity index (χ3n) is 3.95. The number of amides is 1. The van der Waals surface area contributed by atoms with Crippen molar-refractivity contribution < 1.29 is 14.3 Å². The molecule has 0 radical (unpaired) electrons. The van der Waals surface area contributed by atoms with E-state index in [4.69, 9.17) is 9.47 Å². The molecule has 1 N–H and O–H groups in total. The van der Waals surface area contributed by atoms with Gasteiger partial charge in [-0.15, -0.1) is 0 Å². The second-order valence-electron chi connectivity index (χ2n) is 5.59. The van der Waals surface area contributed by atoms with E-state index in [0.717, 1.165) is 11.3 Å².